The van der Waals surface area contributed by atoms with Crippen LogP contribution in [0.5, 0.6) is 5.75 Å². The van der Waals surface area contributed by atoms with Crippen molar-refractivity contribution in [1.82, 2.24) is 0 Å². The maximum atomic E-state index is 12.3. The summed E-state index contributed by atoms with van der Waals surface area (Å²) in [6.45, 7) is 3.91. The molecule has 3 rings (SSSR count). The average molecular weight is 336 g/mol. The Kier molecular flexibility index (Phi) is 4.98. The van der Waals surface area contributed by atoms with Crippen molar-refractivity contribution in [3.63, 3.8) is 0 Å². The number of ether oxygens (including phenoxy) is 1. The maximum absolute atomic E-state index is 12.3. The molecule has 1 aromatic heterocycles. The minimum absolute atomic E-state index is 0.381. The molecule has 1 heterocycles. The highest BCUT2D eigenvalue weighted by atomic mass is 16.5. The van der Waals surface area contributed by atoms with Gasteiger partial charge in [0, 0.05) is 17.0 Å². The van der Waals surface area contributed by atoms with Crippen molar-refractivity contribution in [3.8, 4) is 5.75 Å². The second kappa shape index (κ2) is 7.34. The summed E-state index contributed by atoms with van der Waals surface area (Å²) in [6.07, 6.45) is 2.87. The standard InChI is InChI=1S/C21H20O4/c1-3-4-8-16-13-19(22)25-20-14(2)18(12-11-17(16)20)24-21(23)15-9-6-5-7-10-15/h5-7,9-13H,3-4,8H2,1-2H3. The average Bonchev–Trinajstić information content (AvgIpc) is 2.63. The molecule has 0 amide bonds. The maximum Gasteiger partial charge on any atom is 0.343 e. The highest BCUT2D eigenvalue weighted by Crippen LogP contribution is 2.29. The molecule has 0 bridgehead atoms. The summed E-state index contributed by atoms with van der Waals surface area (Å²) in [7, 11) is 0. The molecule has 2 aromatic carbocycles. The van der Waals surface area contributed by atoms with Crippen molar-refractivity contribution >= 4 is 16.9 Å². The zero-order valence-corrected chi connectivity index (χ0v) is 14.4. The zero-order chi connectivity index (χ0) is 17.8. The van der Waals surface area contributed by atoms with Gasteiger partial charge in [-0.05, 0) is 49.6 Å². The van der Waals surface area contributed by atoms with Crippen LogP contribution in [0.25, 0.3) is 11.0 Å². The fraction of sp³-hybridized carbons (Fsp3) is 0.238. The molecule has 0 unspecified atom stereocenters. The van der Waals surface area contributed by atoms with Gasteiger partial charge in [0.25, 0.3) is 0 Å². The lowest BCUT2D eigenvalue weighted by atomic mass is 10.0. The first kappa shape index (κ1) is 17.0. The Hall–Kier alpha value is -2.88. The summed E-state index contributed by atoms with van der Waals surface area (Å²) in [5.74, 6) is -0.0373. The minimum Gasteiger partial charge on any atom is -0.423 e. The number of hydrogen-bond acceptors (Lipinski definition) is 4. The molecule has 4 nitrogen and oxygen atoms in total. The van der Waals surface area contributed by atoms with Crippen LogP contribution < -0.4 is 10.4 Å². The quantitative estimate of drug-likeness (QED) is 0.386. The Bertz CT molecular complexity index is 955. The first-order valence-corrected chi connectivity index (χ1v) is 8.43. The summed E-state index contributed by atoms with van der Waals surface area (Å²) < 4.78 is 10.9. The zero-order valence-electron chi connectivity index (χ0n) is 14.4. The molecular weight excluding hydrogens is 316 g/mol. The summed E-state index contributed by atoms with van der Waals surface area (Å²) in [5.41, 5.74) is 2.19. The number of rotatable bonds is 5. The molecule has 25 heavy (non-hydrogen) atoms. The Morgan fingerprint density at radius 3 is 2.60 bits per heavy atom. The molecule has 0 atom stereocenters. The lowest BCUT2D eigenvalue weighted by Gasteiger charge is -2.11. The Morgan fingerprint density at radius 2 is 1.88 bits per heavy atom. The van der Waals surface area contributed by atoms with Crippen molar-refractivity contribution in [2.75, 3.05) is 0 Å². The van der Waals surface area contributed by atoms with E-state index in [1.54, 1.807) is 43.3 Å². The summed E-state index contributed by atoms with van der Waals surface area (Å²) in [6, 6.07) is 13.9. The van der Waals surface area contributed by atoms with Crippen LogP contribution in [0.4, 0.5) is 0 Å². The smallest absolute Gasteiger partial charge is 0.343 e. The van der Waals surface area contributed by atoms with E-state index in [1.807, 2.05) is 12.1 Å². The van der Waals surface area contributed by atoms with E-state index in [-0.39, 0.29) is 5.63 Å². The van der Waals surface area contributed by atoms with Crippen molar-refractivity contribution in [2.45, 2.75) is 33.1 Å². The molecule has 0 saturated carbocycles. The third-order valence-electron chi connectivity index (χ3n) is 4.21. The predicted molar refractivity (Wildman–Crippen MR) is 97.2 cm³/mol. The van der Waals surface area contributed by atoms with Gasteiger partial charge in [0.2, 0.25) is 0 Å². The van der Waals surface area contributed by atoms with Gasteiger partial charge in [-0.15, -0.1) is 0 Å². The molecule has 3 aromatic rings. The SMILES string of the molecule is CCCCc1cc(=O)oc2c(C)c(OC(=O)c3ccccc3)ccc12. The number of hydrogen-bond donors (Lipinski definition) is 0. The first-order valence-electron chi connectivity index (χ1n) is 8.43. The second-order valence-electron chi connectivity index (χ2n) is 6.02. The van der Waals surface area contributed by atoms with Gasteiger partial charge in [0.15, 0.2) is 0 Å². The van der Waals surface area contributed by atoms with Crippen LogP contribution in [0.3, 0.4) is 0 Å². The number of benzene rings is 2. The van der Waals surface area contributed by atoms with Gasteiger partial charge in [0.05, 0.1) is 5.56 Å². The van der Waals surface area contributed by atoms with Gasteiger partial charge in [0.1, 0.15) is 11.3 Å². The largest absolute Gasteiger partial charge is 0.423 e. The van der Waals surface area contributed by atoms with Gasteiger partial charge in [-0.25, -0.2) is 9.59 Å². The van der Waals surface area contributed by atoms with E-state index in [4.69, 9.17) is 9.15 Å². The fourth-order valence-electron chi connectivity index (χ4n) is 2.83. The van der Waals surface area contributed by atoms with Gasteiger partial charge < -0.3 is 9.15 Å². The molecule has 128 valence electrons. The Balaban J connectivity index is 2.00. The molecule has 0 N–H and O–H groups in total. The van der Waals surface area contributed by atoms with Gasteiger partial charge in [-0.1, -0.05) is 31.5 Å². The number of carbonyl (C=O) groups is 1. The third kappa shape index (κ3) is 3.63. The van der Waals surface area contributed by atoms with Crippen LogP contribution in [0.2, 0.25) is 0 Å². The predicted octanol–water partition coefficient (Wildman–Crippen LogP) is 4.66. The van der Waals surface area contributed by atoms with E-state index in [9.17, 15) is 9.59 Å². The second-order valence-corrected chi connectivity index (χ2v) is 6.02. The number of fused-ring (bicyclic) bond motifs is 1. The number of esters is 1. The highest BCUT2D eigenvalue weighted by molar-refractivity contribution is 5.92. The number of carbonyl (C=O) groups excluding carboxylic acids is 1. The van der Waals surface area contributed by atoms with Crippen LogP contribution in [-0.4, -0.2) is 5.97 Å². The Labute approximate surface area is 146 Å². The molecule has 0 aliphatic rings. The van der Waals surface area contributed by atoms with E-state index < -0.39 is 5.97 Å². The van der Waals surface area contributed by atoms with Crippen molar-refractivity contribution in [2.24, 2.45) is 0 Å². The monoisotopic (exact) mass is 336 g/mol. The summed E-state index contributed by atoms with van der Waals surface area (Å²) in [5, 5.41) is 0.894. The first-order chi connectivity index (χ1) is 12.1. The molecule has 0 saturated heterocycles. The van der Waals surface area contributed by atoms with Crippen molar-refractivity contribution in [3.05, 3.63) is 75.6 Å². The third-order valence-corrected chi connectivity index (χ3v) is 4.21. The van der Waals surface area contributed by atoms with Gasteiger partial charge >= 0.3 is 11.6 Å². The van der Waals surface area contributed by atoms with Crippen LogP contribution in [0, 0.1) is 6.92 Å². The minimum atomic E-state index is -0.437. The van der Waals surface area contributed by atoms with Crippen LogP contribution >= 0.6 is 0 Å². The van der Waals surface area contributed by atoms with Gasteiger partial charge in [-0.2, -0.15) is 0 Å². The van der Waals surface area contributed by atoms with E-state index in [0.29, 0.717) is 22.5 Å². The van der Waals surface area contributed by atoms with Crippen LogP contribution in [0.1, 0.15) is 41.3 Å². The van der Waals surface area contributed by atoms with E-state index in [0.717, 1.165) is 30.2 Å². The number of aryl methyl sites for hydroxylation is 2. The molecule has 0 aliphatic heterocycles. The molecule has 0 radical (unpaired) electrons. The topological polar surface area (TPSA) is 56.5 Å². The summed E-state index contributed by atoms with van der Waals surface area (Å²) >= 11 is 0. The molecular formula is C21H20O4. The lowest BCUT2D eigenvalue weighted by Crippen LogP contribution is -2.09. The van der Waals surface area contributed by atoms with Crippen molar-refractivity contribution < 1.29 is 13.9 Å². The van der Waals surface area contributed by atoms with Crippen LogP contribution in [0.15, 0.2) is 57.7 Å². The van der Waals surface area contributed by atoms with Crippen molar-refractivity contribution in [1.29, 1.82) is 0 Å². The van der Waals surface area contributed by atoms with Crippen LogP contribution in [-0.2, 0) is 6.42 Å². The molecule has 0 spiro atoms. The normalized spacial score (nSPS) is 10.8. The molecule has 0 fully saturated rings. The van der Waals surface area contributed by atoms with E-state index in [1.165, 1.54) is 0 Å². The van der Waals surface area contributed by atoms with E-state index >= 15 is 0 Å². The van der Waals surface area contributed by atoms with E-state index in [2.05, 4.69) is 6.92 Å². The highest BCUT2D eigenvalue weighted by Gasteiger charge is 2.15. The van der Waals surface area contributed by atoms with Gasteiger partial charge in [-0.3, -0.25) is 0 Å². The number of unbranched alkanes of at least 4 members (excludes halogenated alkanes) is 1. The molecule has 4 heteroatoms. The fourth-order valence-corrected chi connectivity index (χ4v) is 2.83. The summed E-state index contributed by atoms with van der Waals surface area (Å²) in [4.78, 5) is 24.2. The molecule has 0 aliphatic carbocycles. The lowest BCUT2D eigenvalue weighted by molar-refractivity contribution is 0.0733. The Morgan fingerprint density at radius 1 is 1.12 bits per heavy atom.